The first-order valence-corrected chi connectivity index (χ1v) is 15.3. The van der Waals surface area contributed by atoms with Crippen molar-refractivity contribution < 1.29 is 16.8 Å². The second-order valence-corrected chi connectivity index (χ2v) is 13.9. The first-order chi connectivity index (χ1) is 16.7. The van der Waals surface area contributed by atoms with Crippen LogP contribution in [0.15, 0.2) is 47.6 Å². The number of nitrogens with zero attached hydrogens (tertiary/aromatic N) is 4. The first kappa shape index (κ1) is 22.8. The van der Waals surface area contributed by atoms with Gasteiger partial charge in [-0.25, -0.2) is 31.1 Å². The molecule has 0 radical (unpaired) electrons. The lowest BCUT2D eigenvalue weighted by molar-refractivity contribution is 0.331. The Kier molecular flexibility index (Phi) is 5.35. The average molecular weight is 514 g/mol. The molecule has 3 aromatic rings. The van der Waals surface area contributed by atoms with Crippen molar-refractivity contribution in [3.8, 4) is 0 Å². The minimum Gasteiger partial charge on any atom is -0.351 e. The highest BCUT2D eigenvalue weighted by Gasteiger charge is 2.51. The van der Waals surface area contributed by atoms with Crippen LogP contribution in [0, 0.1) is 0 Å². The number of sulfone groups is 1. The van der Waals surface area contributed by atoms with Crippen LogP contribution in [-0.2, 0) is 19.9 Å². The van der Waals surface area contributed by atoms with Gasteiger partial charge in [-0.2, -0.15) is 0 Å². The maximum Gasteiger partial charge on any atom is 0.223 e. The van der Waals surface area contributed by atoms with E-state index in [4.69, 9.17) is 4.98 Å². The van der Waals surface area contributed by atoms with Gasteiger partial charge in [0, 0.05) is 48.7 Å². The molecule has 1 aliphatic carbocycles. The lowest BCUT2D eigenvalue weighted by atomic mass is 9.94. The van der Waals surface area contributed by atoms with Crippen molar-refractivity contribution in [3.05, 3.63) is 54.0 Å². The molecule has 2 aliphatic heterocycles. The van der Waals surface area contributed by atoms with Crippen LogP contribution in [-0.4, -0.2) is 66.7 Å². The van der Waals surface area contributed by atoms with Gasteiger partial charge in [0.1, 0.15) is 0 Å². The number of nitrogens with one attached hydrogen (secondary N) is 1. The van der Waals surface area contributed by atoms with E-state index in [1.807, 2.05) is 18.2 Å². The van der Waals surface area contributed by atoms with Crippen molar-refractivity contribution >= 4 is 36.7 Å². The van der Waals surface area contributed by atoms with Gasteiger partial charge in [0.15, 0.2) is 9.84 Å². The Balaban J connectivity index is 1.26. The molecule has 0 amide bonds. The van der Waals surface area contributed by atoms with Gasteiger partial charge in [-0.1, -0.05) is 18.2 Å². The molecule has 9 nitrogen and oxygen atoms in total. The monoisotopic (exact) mass is 513 g/mol. The van der Waals surface area contributed by atoms with Gasteiger partial charge < -0.3 is 5.32 Å². The number of rotatable bonds is 4. The third kappa shape index (κ3) is 3.89. The van der Waals surface area contributed by atoms with Crippen LogP contribution in [0.4, 0.5) is 5.95 Å². The molecule has 0 bridgehead atoms. The van der Waals surface area contributed by atoms with Crippen LogP contribution in [0.1, 0.15) is 48.8 Å². The van der Waals surface area contributed by atoms with Crippen LogP contribution >= 0.6 is 0 Å². The number of anilines is 1. The highest BCUT2D eigenvalue weighted by Crippen LogP contribution is 2.54. The van der Waals surface area contributed by atoms with E-state index < -0.39 is 25.1 Å². The van der Waals surface area contributed by atoms with Crippen LogP contribution in [0.2, 0.25) is 0 Å². The third-order valence-corrected chi connectivity index (χ3v) is 11.3. The normalized spacial score (nSPS) is 26.5. The number of sulfonamides is 1. The summed E-state index contributed by atoms with van der Waals surface area (Å²) in [4.78, 5) is 14.4. The van der Waals surface area contributed by atoms with Gasteiger partial charge in [-0.05, 0) is 43.4 Å². The number of piperidine rings is 1. The minimum absolute atomic E-state index is 0.00224. The highest BCUT2D eigenvalue weighted by atomic mass is 32.2. The molecule has 3 aliphatic rings. The van der Waals surface area contributed by atoms with E-state index in [0.717, 1.165) is 28.6 Å². The van der Waals surface area contributed by atoms with Gasteiger partial charge in [0.05, 0.1) is 27.6 Å². The number of hydrogen-bond acceptors (Lipinski definition) is 8. The molecule has 3 atom stereocenters. The maximum absolute atomic E-state index is 13.2. The molecule has 1 saturated carbocycles. The molecule has 11 heteroatoms. The molecule has 2 fully saturated rings. The molecule has 0 spiro atoms. The Morgan fingerprint density at radius 3 is 2.60 bits per heavy atom. The predicted molar refractivity (Wildman–Crippen MR) is 133 cm³/mol. The number of fused-ring (bicyclic) bond motifs is 4. The molecular weight excluding hydrogens is 486 g/mol. The highest BCUT2D eigenvalue weighted by molar-refractivity contribution is 7.92. The summed E-state index contributed by atoms with van der Waals surface area (Å²) in [5.41, 5.74) is 2.49. The number of pyridine rings is 1. The predicted octanol–water partition coefficient (Wildman–Crippen LogP) is 2.68. The molecular formula is C24H27N5O4S2. The van der Waals surface area contributed by atoms with E-state index in [2.05, 4.69) is 15.3 Å². The Hall–Kier alpha value is -2.63. The number of benzene rings is 1. The van der Waals surface area contributed by atoms with E-state index in [0.29, 0.717) is 43.2 Å². The van der Waals surface area contributed by atoms with Gasteiger partial charge in [-0.3, -0.25) is 4.98 Å². The van der Waals surface area contributed by atoms with Crippen molar-refractivity contribution in [1.82, 2.24) is 19.3 Å². The Labute approximate surface area is 205 Å². The van der Waals surface area contributed by atoms with Gasteiger partial charge >= 0.3 is 0 Å². The van der Waals surface area contributed by atoms with Crippen molar-refractivity contribution in [3.63, 3.8) is 0 Å². The summed E-state index contributed by atoms with van der Waals surface area (Å²) >= 11 is 0. The van der Waals surface area contributed by atoms with Crippen LogP contribution in [0.5, 0.6) is 0 Å². The molecule has 1 saturated heterocycles. The minimum atomic E-state index is -3.34. The molecule has 35 heavy (non-hydrogen) atoms. The lowest BCUT2D eigenvalue weighted by Gasteiger charge is -2.30. The van der Waals surface area contributed by atoms with Crippen LogP contribution < -0.4 is 5.32 Å². The van der Waals surface area contributed by atoms with E-state index in [-0.39, 0.29) is 17.9 Å². The largest absolute Gasteiger partial charge is 0.351 e. The molecule has 6 rings (SSSR count). The summed E-state index contributed by atoms with van der Waals surface area (Å²) in [6, 6.07) is 9.31. The molecule has 184 valence electrons. The van der Waals surface area contributed by atoms with Crippen molar-refractivity contribution in [2.24, 2.45) is 0 Å². The number of aromatic nitrogens is 3. The molecule has 1 N–H and O–H groups in total. The smallest absolute Gasteiger partial charge is 0.223 e. The summed E-state index contributed by atoms with van der Waals surface area (Å²) in [5, 5.41) is 3.81. The summed E-state index contributed by atoms with van der Waals surface area (Å²) < 4.78 is 51.4. The SMILES string of the molecule is CS(=O)(=O)N1CCC(Nc2ncc3ccnc(C4C[C@H]5c6ccccc6S(=O)(=O)[C@H]5C4)c3n2)CC1. The summed E-state index contributed by atoms with van der Waals surface area (Å²) in [5.74, 6) is 0.469. The zero-order valence-electron chi connectivity index (χ0n) is 19.3. The molecule has 4 heterocycles. The van der Waals surface area contributed by atoms with E-state index in [9.17, 15) is 16.8 Å². The van der Waals surface area contributed by atoms with Gasteiger partial charge in [-0.15, -0.1) is 0 Å². The fraction of sp³-hybridized carbons (Fsp3) is 0.458. The lowest BCUT2D eigenvalue weighted by Crippen LogP contribution is -2.42. The quantitative estimate of drug-likeness (QED) is 0.565. The van der Waals surface area contributed by atoms with Crippen LogP contribution in [0.3, 0.4) is 0 Å². The fourth-order valence-electron chi connectivity index (χ4n) is 5.96. The van der Waals surface area contributed by atoms with Crippen LogP contribution in [0.25, 0.3) is 10.9 Å². The second-order valence-electron chi connectivity index (χ2n) is 9.80. The Morgan fingerprint density at radius 2 is 1.83 bits per heavy atom. The summed E-state index contributed by atoms with van der Waals surface area (Å²) in [7, 11) is -6.52. The van der Waals surface area contributed by atoms with Crippen molar-refractivity contribution in [1.29, 1.82) is 0 Å². The molecule has 1 unspecified atom stereocenters. The van der Waals surface area contributed by atoms with E-state index in [1.54, 1.807) is 24.5 Å². The Morgan fingerprint density at radius 1 is 1.06 bits per heavy atom. The van der Waals surface area contributed by atoms with Crippen molar-refractivity contribution in [2.45, 2.75) is 53.7 Å². The standard InChI is InChI=1S/C24H27N5O4S2/c1-34(30,31)29-10-7-17(8-11-29)27-24-26-14-15-6-9-25-22(23(15)28-24)16-12-19-18-4-2-3-5-20(18)35(32,33)21(19)13-16/h2-6,9,14,16-17,19,21H,7-8,10-13H2,1H3,(H,26,27,28)/t16?,19-,21-/m0/s1. The Bertz CT molecular complexity index is 1520. The summed E-state index contributed by atoms with van der Waals surface area (Å²) in [6.07, 6.45) is 7.36. The first-order valence-electron chi connectivity index (χ1n) is 11.9. The van der Waals surface area contributed by atoms with E-state index in [1.165, 1.54) is 10.6 Å². The molecule has 2 aromatic heterocycles. The fourth-order valence-corrected chi connectivity index (χ4v) is 9.15. The van der Waals surface area contributed by atoms with E-state index >= 15 is 0 Å². The number of hydrogen-bond donors (Lipinski definition) is 1. The van der Waals surface area contributed by atoms with Gasteiger partial charge in [0.25, 0.3) is 0 Å². The maximum atomic E-state index is 13.2. The third-order valence-electron chi connectivity index (χ3n) is 7.70. The average Bonchev–Trinajstić information content (AvgIpc) is 3.37. The van der Waals surface area contributed by atoms with Gasteiger partial charge in [0.2, 0.25) is 16.0 Å². The molecule has 1 aromatic carbocycles. The zero-order valence-corrected chi connectivity index (χ0v) is 21.0. The van der Waals surface area contributed by atoms with Crippen molar-refractivity contribution in [2.75, 3.05) is 24.7 Å². The topological polar surface area (TPSA) is 122 Å². The second kappa shape index (κ2) is 8.21. The summed E-state index contributed by atoms with van der Waals surface area (Å²) in [6.45, 7) is 0.940. The zero-order chi connectivity index (χ0) is 24.4.